The number of esters is 2. The lowest BCUT2D eigenvalue weighted by Gasteiger charge is -2.25. The van der Waals surface area contributed by atoms with Gasteiger partial charge in [0, 0.05) is 12.8 Å². The summed E-state index contributed by atoms with van der Waals surface area (Å²) in [6.07, 6.45) is 88.9. The van der Waals surface area contributed by atoms with Crippen molar-refractivity contribution in [3.05, 3.63) is 72.9 Å². The SMILES string of the molecule is CC/C=C\C/C=C\C/C=C\C/C=C\C/C=C\CCCCCCCCCCCCCCCCCCCCCC(=O)OC(COC(=O)CCCCCCCCCCCCCCCCC/C=C\CCCCCCCCCC)COC(OCC[N+](C)(C)C)C(=O)O. The zero-order chi connectivity index (χ0) is 63.3. The van der Waals surface area contributed by atoms with Crippen molar-refractivity contribution in [3.8, 4) is 0 Å². The third-order valence-corrected chi connectivity index (χ3v) is 16.4. The van der Waals surface area contributed by atoms with E-state index in [4.69, 9.17) is 18.9 Å². The van der Waals surface area contributed by atoms with Crippen molar-refractivity contribution in [3.63, 3.8) is 0 Å². The first kappa shape index (κ1) is 83.7. The fraction of sp³-hybridized carbons (Fsp3) is 0.808. The van der Waals surface area contributed by atoms with Crippen LogP contribution in [0.4, 0.5) is 0 Å². The minimum absolute atomic E-state index is 0.179. The summed E-state index contributed by atoms with van der Waals surface area (Å²) in [5, 5.41) is 9.76. The molecule has 0 saturated heterocycles. The molecule has 0 aliphatic rings. The van der Waals surface area contributed by atoms with Gasteiger partial charge in [-0.05, 0) is 83.5 Å². The van der Waals surface area contributed by atoms with Crippen molar-refractivity contribution >= 4 is 17.9 Å². The number of likely N-dealkylation sites (N-methyl/N-ethyl adjacent to an activating group) is 1. The predicted octanol–water partition coefficient (Wildman–Crippen LogP) is 23.3. The molecule has 0 fully saturated rings. The molecule has 2 atom stereocenters. The minimum atomic E-state index is -1.51. The van der Waals surface area contributed by atoms with Gasteiger partial charge in [-0.15, -0.1) is 0 Å². The predicted molar refractivity (Wildman–Crippen MR) is 373 cm³/mol. The van der Waals surface area contributed by atoms with E-state index in [1.807, 2.05) is 21.1 Å². The van der Waals surface area contributed by atoms with Gasteiger partial charge in [0.25, 0.3) is 6.29 Å². The number of aliphatic carboxylic acids is 1. The summed E-state index contributed by atoms with van der Waals surface area (Å²) in [5.74, 6) is -1.98. The molecular formula is C78H142NO8+. The van der Waals surface area contributed by atoms with Crippen LogP contribution in [-0.2, 0) is 33.3 Å². The summed E-state index contributed by atoms with van der Waals surface area (Å²) in [5.41, 5.74) is 0. The molecule has 0 aromatic heterocycles. The van der Waals surface area contributed by atoms with Gasteiger partial charge in [0.05, 0.1) is 34.4 Å². The van der Waals surface area contributed by atoms with Crippen molar-refractivity contribution in [2.24, 2.45) is 0 Å². The highest BCUT2D eigenvalue weighted by Crippen LogP contribution is 2.19. The maximum absolute atomic E-state index is 13.0. The molecule has 0 aliphatic carbocycles. The Hall–Kier alpha value is -3.27. The van der Waals surface area contributed by atoms with Crippen LogP contribution >= 0.6 is 0 Å². The first-order valence-corrected chi connectivity index (χ1v) is 37.1. The number of carboxylic acids is 1. The van der Waals surface area contributed by atoms with E-state index in [0.29, 0.717) is 17.4 Å². The molecule has 506 valence electrons. The Bertz CT molecular complexity index is 1660. The van der Waals surface area contributed by atoms with Crippen LogP contribution in [0.2, 0.25) is 0 Å². The Morgan fingerprint density at radius 1 is 0.356 bits per heavy atom. The summed E-state index contributed by atoms with van der Waals surface area (Å²) in [6, 6.07) is 0. The zero-order valence-corrected chi connectivity index (χ0v) is 57.9. The van der Waals surface area contributed by atoms with Gasteiger partial charge in [0.1, 0.15) is 13.2 Å². The lowest BCUT2D eigenvalue weighted by molar-refractivity contribution is -0.870. The Morgan fingerprint density at radius 3 is 0.989 bits per heavy atom. The molecule has 0 heterocycles. The Kier molecular flexibility index (Phi) is 66.1. The van der Waals surface area contributed by atoms with E-state index < -0.39 is 18.4 Å². The lowest BCUT2D eigenvalue weighted by atomic mass is 10.0. The molecule has 0 aromatic rings. The van der Waals surface area contributed by atoms with Gasteiger partial charge in [-0.1, -0.05) is 324 Å². The number of ether oxygens (including phenoxy) is 4. The van der Waals surface area contributed by atoms with Crippen LogP contribution in [0, 0.1) is 0 Å². The number of hydrogen-bond acceptors (Lipinski definition) is 7. The van der Waals surface area contributed by atoms with E-state index in [1.165, 1.54) is 250 Å². The van der Waals surface area contributed by atoms with Crippen molar-refractivity contribution < 1.29 is 42.9 Å². The van der Waals surface area contributed by atoms with E-state index in [2.05, 4.69) is 86.8 Å². The highest BCUT2D eigenvalue weighted by molar-refractivity contribution is 5.71. The van der Waals surface area contributed by atoms with Crippen molar-refractivity contribution in [2.45, 2.75) is 360 Å². The van der Waals surface area contributed by atoms with Gasteiger partial charge < -0.3 is 28.5 Å². The average Bonchev–Trinajstić information content (AvgIpc) is 3.56. The number of quaternary nitrogens is 1. The standard InChI is InChI=1S/C78H141NO8/c1-6-8-10-12-14-16-18-20-22-24-26-28-30-32-34-35-36-37-38-39-40-41-43-45-47-49-51-53-55-57-59-61-63-65-67-69-76(81)87-74(73-86-78(77(82)83)84-71-70-79(3,4)5)72-85-75(80)68-66-64-62-60-58-56-54-52-50-48-46-44-42-33-31-29-27-25-23-21-19-17-15-13-11-9-7-2/h8,10,14,16,20,22,25-28,32,34,74,78H,6-7,9,11-13,15,17-19,21,23-24,29-31,33,35-73H2,1-5H3/p+1/b10-8-,16-14-,22-20-,27-25-,28-26-,34-32-. The number of carbonyl (C=O) groups excluding carboxylic acids is 2. The molecule has 9 heteroatoms. The molecular weight excluding hydrogens is 1080 g/mol. The number of unbranched alkanes of at least 4 members (excludes halogenated alkanes) is 42. The van der Waals surface area contributed by atoms with Gasteiger partial charge in [-0.3, -0.25) is 9.59 Å². The van der Waals surface area contributed by atoms with Crippen LogP contribution in [0.3, 0.4) is 0 Å². The molecule has 1 N–H and O–H groups in total. The van der Waals surface area contributed by atoms with Crippen molar-refractivity contribution in [2.75, 3.05) is 47.5 Å². The maximum Gasteiger partial charge on any atom is 0.361 e. The van der Waals surface area contributed by atoms with Crippen LogP contribution < -0.4 is 0 Å². The fourth-order valence-corrected chi connectivity index (χ4v) is 10.8. The van der Waals surface area contributed by atoms with E-state index >= 15 is 0 Å². The monoisotopic (exact) mass is 1220 g/mol. The first-order valence-electron chi connectivity index (χ1n) is 37.1. The molecule has 0 amide bonds. The van der Waals surface area contributed by atoms with Crippen molar-refractivity contribution in [1.82, 2.24) is 0 Å². The second-order valence-corrected chi connectivity index (χ2v) is 26.2. The largest absolute Gasteiger partial charge is 0.477 e. The second kappa shape index (κ2) is 68.6. The van der Waals surface area contributed by atoms with E-state index in [1.54, 1.807) is 0 Å². The molecule has 0 bridgehead atoms. The molecule has 87 heavy (non-hydrogen) atoms. The summed E-state index contributed by atoms with van der Waals surface area (Å²) in [6.45, 7) is 4.82. The number of allylic oxidation sites excluding steroid dienone is 12. The van der Waals surface area contributed by atoms with Crippen LogP contribution in [0.25, 0.3) is 0 Å². The maximum atomic E-state index is 13.0. The third-order valence-electron chi connectivity index (χ3n) is 16.4. The third kappa shape index (κ3) is 70.1. The normalized spacial score (nSPS) is 13.1. The van der Waals surface area contributed by atoms with Gasteiger partial charge in [-0.25, -0.2) is 4.79 Å². The van der Waals surface area contributed by atoms with Crippen LogP contribution in [-0.4, -0.2) is 87.4 Å². The first-order chi connectivity index (χ1) is 42.6. The smallest absolute Gasteiger partial charge is 0.361 e. The molecule has 0 aromatic carbocycles. The van der Waals surface area contributed by atoms with Gasteiger partial charge in [0.2, 0.25) is 0 Å². The fourth-order valence-electron chi connectivity index (χ4n) is 10.8. The van der Waals surface area contributed by atoms with Gasteiger partial charge >= 0.3 is 17.9 Å². The minimum Gasteiger partial charge on any atom is -0.477 e. The quantitative estimate of drug-likeness (QED) is 0.0211. The number of carbonyl (C=O) groups is 3. The zero-order valence-electron chi connectivity index (χ0n) is 57.9. The highest BCUT2D eigenvalue weighted by atomic mass is 16.7. The topological polar surface area (TPSA) is 108 Å². The van der Waals surface area contributed by atoms with E-state index in [0.717, 1.165) is 70.6 Å². The van der Waals surface area contributed by atoms with Crippen molar-refractivity contribution in [1.29, 1.82) is 0 Å². The summed E-state index contributed by atoms with van der Waals surface area (Å²) in [4.78, 5) is 37.7. The molecule has 0 spiro atoms. The Labute approximate surface area is 538 Å². The molecule has 0 rings (SSSR count). The molecule has 2 unspecified atom stereocenters. The van der Waals surface area contributed by atoms with E-state index in [9.17, 15) is 19.5 Å². The number of nitrogens with zero attached hydrogens (tertiary/aromatic N) is 1. The average molecular weight is 1220 g/mol. The molecule has 0 radical (unpaired) electrons. The summed E-state index contributed by atoms with van der Waals surface area (Å²) in [7, 11) is 5.99. The summed E-state index contributed by atoms with van der Waals surface area (Å²) >= 11 is 0. The number of rotatable bonds is 69. The van der Waals surface area contributed by atoms with Crippen LogP contribution in [0.5, 0.6) is 0 Å². The molecule has 0 saturated carbocycles. The highest BCUT2D eigenvalue weighted by Gasteiger charge is 2.25. The molecule has 0 aliphatic heterocycles. The second-order valence-electron chi connectivity index (χ2n) is 26.2. The van der Waals surface area contributed by atoms with E-state index in [-0.39, 0.29) is 38.2 Å². The molecule has 9 nitrogen and oxygen atoms in total. The Morgan fingerprint density at radius 2 is 0.655 bits per heavy atom. The number of carboxylic acid groups (broad SMARTS) is 1. The number of hydrogen-bond donors (Lipinski definition) is 1. The van der Waals surface area contributed by atoms with Crippen LogP contribution in [0.1, 0.15) is 348 Å². The van der Waals surface area contributed by atoms with Gasteiger partial charge in [0.15, 0.2) is 6.10 Å². The van der Waals surface area contributed by atoms with Gasteiger partial charge in [-0.2, -0.15) is 0 Å². The Balaban J connectivity index is 4.04. The lowest BCUT2D eigenvalue weighted by Crippen LogP contribution is -2.40. The summed E-state index contributed by atoms with van der Waals surface area (Å²) < 4.78 is 23.0. The van der Waals surface area contributed by atoms with Crippen LogP contribution in [0.15, 0.2) is 72.9 Å².